The van der Waals surface area contributed by atoms with Crippen LogP contribution in [-0.2, 0) is 7.05 Å². The number of hydrogen-bond donors (Lipinski definition) is 3. The first-order valence-corrected chi connectivity index (χ1v) is 6.56. The number of carbonyl (C=O) groups is 1. The first-order valence-electron chi connectivity index (χ1n) is 6.56. The molecule has 0 radical (unpaired) electrons. The standard InChI is InChI=1S/C14H14N4O4/c1-18-11-9(12(19)17-14(18)21)10(15-13(20)16-11)7-4-3-5-8(6-7)22-2/h3-6,10H,1-2H3,(H2,15,16,20)(H,17,19,21). The van der Waals surface area contributed by atoms with Crippen molar-refractivity contribution in [3.63, 3.8) is 0 Å². The smallest absolute Gasteiger partial charge is 0.329 e. The fourth-order valence-electron chi connectivity index (χ4n) is 2.48. The number of aromatic nitrogens is 2. The summed E-state index contributed by atoms with van der Waals surface area (Å²) in [6.07, 6.45) is 0. The van der Waals surface area contributed by atoms with Crippen LogP contribution in [0.25, 0.3) is 0 Å². The summed E-state index contributed by atoms with van der Waals surface area (Å²) in [6, 6.07) is 5.86. The highest BCUT2D eigenvalue weighted by Crippen LogP contribution is 2.29. The van der Waals surface area contributed by atoms with Crippen LogP contribution in [-0.4, -0.2) is 22.7 Å². The highest BCUT2D eigenvalue weighted by molar-refractivity contribution is 5.92. The molecule has 1 aromatic carbocycles. The molecule has 0 spiro atoms. The zero-order valence-corrected chi connectivity index (χ0v) is 12.0. The monoisotopic (exact) mass is 302 g/mol. The van der Waals surface area contributed by atoms with Crippen LogP contribution >= 0.6 is 0 Å². The number of carbonyl (C=O) groups excluding carboxylic acids is 1. The second-order valence-electron chi connectivity index (χ2n) is 4.89. The maximum Gasteiger partial charge on any atom is 0.329 e. The van der Waals surface area contributed by atoms with Crippen LogP contribution in [0.2, 0.25) is 0 Å². The topological polar surface area (TPSA) is 105 Å². The van der Waals surface area contributed by atoms with E-state index in [9.17, 15) is 14.4 Å². The lowest BCUT2D eigenvalue weighted by Gasteiger charge is -2.27. The molecule has 2 amide bonds. The first-order chi connectivity index (χ1) is 10.5. The van der Waals surface area contributed by atoms with Crippen molar-refractivity contribution >= 4 is 11.8 Å². The molecular weight excluding hydrogens is 288 g/mol. The van der Waals surface area contributed by atoms with E-state index < -0.39 is 23.3 Å². The van der Waals surface area contributed by atoms with Gasteiger partial charge in [0.15, 0.2) is 0 Å². The Balaban J connectivity index is 2.24. The third-order valence-electron chi connectivity index (χ3n) is 3.58. The Morgan fingerprint density at radius 2 is 2.00 bits per heavy atom. The number of urea groups is 1. The molecule has 1 aromatic heterocycles. The Morgan fingerprint density at radius 1 is 1.23 bits per heavy atom. The molecule has 1 aliphatic rings. The van der Waals surface area contributed by atoms with Crippen LogP contribution in [0.5, 0.6) is 5.75 Å². The molecule has 0 saturated carbocycles. The summed E-state index contributed by atoms with van der Waals surface area (Å²) >= 11 is 0. The maximum absolute atomic E-state index is 12.2. The first kappa shape index (κ1) is 13.9. The lowest BCUT2D eigenvalue weighted by atomic mass is 9.98. The van der Waals surface area contributed by atoms with Crippen LogP contribution in [0.15, 0.2) is 33.9 Å². The van der Waals surface area contributed by atoms with E-state index in [0.29, 0.717) is 11.3 Å². The third kappa shape index (κ3) is 2.14. The number of aromatic amines is 1. The number of hydrogen-bond acceptors (Lipinski definition) is 4. The second-order valence-corrected chi connectivity index (χ2v) is 4.89. The van der Waals surface area contributed by atoms with Gasteiger partial charge in [-0.1, -0.05) is 12.1 Å². The second kappa shape index (κ2) is 5.06. The Labute approximate surface area is 124 Å². The van der Waals surface area contributed by atoms with Crippen LogP contribution in [0.3, 0.4) is 0 Å². The molecule has 3 rings (SSSR count). The summed E-state index contributed by atoms with van der Waals surface area (Å²) in [5.41, 5.74) is -0.177. The number of nitrogens with one attached hydrogen (secondary N) is 3. The Kier molecular flexibility index (Phi) is 3.21. The van der Waals surface area contributed by atoms with Crippen LogP contribution in [0, 0.1) is 0 Å². The number of rotatable bonds is 2. The molecule has 1 atom stereocenters. The van der Waals surface area contributed by atoms with Crippen molar-refractivity contribution in [1.29, 1.82) is 0 Å². The summed E-state index contributed by atoms with van der Waals surface area (Å²) in [6.45, 7) is 0. The molecular formula is C14H14N4O4. The number of H-pyrrole nitrogens is 1. The van der Waals surface area contributed by atoms with Gasteiger partial charge >= 0.3 is 11.7 Å². The highest BCUT2D eigenvalue weighted by Gasteiger charge is 2.30. The number of methoxy groups -OCH3 is 1. The summed E-state index contributed by atoms with van der Waals surface area (Å²) in [4.78, 5) is 38.0. The van der Waals surface area contributed by atoms with Gasteiger partial charge < -0.3 is 10.1 Å². The molecule has 0 bridgehead atoms. The van der Waals surface area contributed by atoms with Crippen LogP contribution in [0.4, 0.5) is 10.6 Å². The van der Waals surface area contributed by atoms with Gasteiger partial charge in [0.2, 0.25) is 0 Å². The van der Waals surface area contributed by atoms with Crippen molar-refractivity contribution in [2.45, 2.75) is 6.04 Å². The highest BCUT2D eigenvalue weighted by atomic mass is 16.5. The molecule has 0 fully saturated rings. The van der Waals surface area contributed by atoms with Gasteiger partial charge in [0, 0.05) is 7.05 Å². The van der Waals surface area contributed by atoms with Crippen molar-refractivity contribution < 1.29 is 9.53 Å². The molecule has 1 aliphatic heterocycles. The predicted octanol–water partition coefficient (Wildman–Crippen LogP) is 0.307. The van der Waals surface area contributed by atoms with E-state index in [-0.39, 0.29) is 11.4 Å². The fraction of sp³-hybridized carbons (Fsp3) is 0.214. The van der Waals surface area contributed by atoms with Crippen molar-refractivity contribution in [2.75, 3.05) is 12.4 Å². The lowest BCUT2D eigenvalue weighted by molar-refractivity contribution is 0.248. The third-order valence-corrected chi connectivity index (χ3v) is 3.58. The molecule has 22 heavy (non-hydrogen) atoms. The normalized spacial score (nSPS) is 16.5. The molecule has 2 aromatic rings. The molecule has 3 N–H and O–H groups in total. The molecule has 8 heteroatoms. The molecule has 0 aliphatic carbocycles. The van der Waals surface area contributed by atoms with Crippen molar-refractivity contribution in [3.8, 4) is 5.75 Å². The SMILES string of the molecule is COc1cccc(C2NC(=O)Nc3c2c(=O)[nH]c(=O)n3C)c1. The minimum absolute atomic E-state index is 0.185. The van der Waals surface area contributed by atoms with Crippen LogP contribution < -0.4 is 26.6 Å². The van der Waals surface area contributed by atoms with Gasteiger partial charge in [-0.05, 0) is 17.7 Å². The summed E-state index contributed by atoms with van der Waals surface area (Å²) < 4.78 is 6.36. The Hall–Kier alpha value is -3.03. The van der Waals surface area contributed by atoms with Crippen LogP contribution in [0.1, 0.15) is 17.2 Å². The quantitative estimate of drug-likeness (QED) is 0.742. The number of anilines is 1. The van der Waals surface area contributed by atoms with Crippen molar-refractivity contribution in [2.24, 2.45) is 7.05 Å². The van der Waals surface area contributed by atoms with E-state index >= 15 is 0 Å². The maximum atomic E-state index is 12.2. The summed E-state index contributed by atoms with van der Waals surface area (Å²) in [5, 5.41) is 5.19. The van der Waals surface area contributed by atoms with Gasteiger partial charge in [-0.15, -0.1) is 0 Å². The van der Waals surface area contributed by atoms with Gasteiger partial charge in [-0.25, -0.2) is 9.59 Å². The number of nitrogens with zero attached hydrogens (tertiary/aromatic N) is 1. The molecule has 1 unspecified atom stereocenters. The van der Waals surface area contributed by atoms with E-state index in [4.69, 9.17) is 4.74 Å². The van der Waals surface area contributed by atoms with Gasteiger partial charge in [0.25, 0.3) is 5.56 Å². The van der Waals surface area contributed by atoms with E-state index in [0.717, 1.165) is 0 Å². The number of amides is 2. The van der Waals surface area contributed by atoms with Crippen molar-refractivity contribution in [1.82, 2.24) is 14.9 Å². The van der Waals surface area contributed by atoms with Gasteiger partial charge in [0.05, 0.1) is 18.7 Å². The van der Waals surface area contributed by atoms with E-state index in [1.807, 2.05) is 0 Å². The predicted molar refractivity (Wildman–Crippen MR) is 79.3 cm³/mol. The number of fused-ring (bicyclic) bond motifs is 1. The fourth-order valence-corrected chi connectivity index (χ4v) is 2.48. The van der Waals surface area contributed by atoms with Gasteiger partial charge in [-0.2, -0.15) is 0 Å². The largest absolute Gasteiger partial charge is 0.497 e. The Bertz CT molecular complexity index is 868. The van der Waals surface area contributed by atoms with Gasteiger partial charge in [0.1, 0.15) is 11.6 Å². The summed E-state index contributed by atoms with van der Waals surface area (Å²) in [7, 11) is 3.01. The zero-order valence-electron chi connectivity index (χ0n) is 12.0. The lowest BCUT2D eigenvalue weighted by Crippen LogP contribution is -2.46. The van der Waals surface area contributed by atoms with Crippen molar-refractivity contribution in [3.05, 3.63) is 56.2 Å². The average Bonchev–Trinajstić information content (AvgIpc) is 2.51. The number of benzene rings is 1. The Morgan fingerprint density at radius 3 is 2.73 bits per heavy atom. The van der Waals surface area contributed by atoms with E-state index in [2.05, 4.69) is 15.6 Å². The summed E-state index contributed by atoms with van der Waals surface area (Å²) in [5.74, 6) is 0.790. The molecule has 0 saturated heterocycles. The minimum atomic E-state index is -0.672. The molecule has 8 nitrogen and oxygen atoms in total. The molecule has 2 heterocycles. The average molecular weight is 302 g/mol. The minimum Gasteiger partial charge on any atom is -0.497 e. The zero-order chi connectivity index (χ0) is 15.9. The van der Waals surface area contributed by atoms with E-state index in [1.165, 1.54) is 18.7 Å². The van der Waals surface area contributed by atoms with E-state index in [1.54, 1.807) is 24.3 Å². The number of ether oxygens (including phenoxy) is 1. The van der Waals surface area contributed by atoms with Gasteiger partial charge in [-0.3, -0.25) is 19.7 Å². The molecule has 114 valence electrons.